The summed E-state index contributed by atoms with van der Waals surface area (Å²) >= 11 is 1.29. The zero-order valence-corrected chi connectivity index (χ0v) is 17.8. The summed E-state index contributed by atoms with van der Waals surface area (Å²) in [7, 11) is 0. The first kappa shape index (κ1) is 19.8. The number of nitrogens with zero attached hydrogens (tertiary/aromatic N) is 2. The Balaban J connectivity index is 1.41. The van der Waals surface area contributed by atoms with Crippen molar-refractivity contribution in [2.24, 2.45) is 0 Å². The number of hydrogen-bond donors (Lipinski definition) is 0. The van der Waals surface area contributed by atoms with Gasteiger partial charge in [0.25, 0.3) is 11.8 Å². The molecule has 7 heteroatoms. The molecule has 2 aromatic carbocycles. The van der Waals surface area contributed by atoms with Gasteiger partial charge in [-0.25, -0.2) is 4.79 Å². The number of esters is 1. The van der Waals surface area contributed by atoms with Gasteiger partial charge in [-0.15, -0.1) is 11.3 Å². The second-order valence-corrected chi connectivity index (χ2v) is 8.73. The molecule has 5 rings (SSSR count). The van der Waals surface area contributed by atoms with Gasteiger partial charge in [0.15, 0.2) is 0 Å². The van der Waals surface area contributed by atoms with Crippen molar-refractivity contribution in [1.82, 2.24) is 4.90 Å². The summed E-state index contributed by atoms with van der Waals surface area (Å²) in [6.45, 7) is 1.97. The van der Waals surface area contributed by atoms with Crippen molar-refractivity contribution in [1.29, 1.82) is 0 Å². The average Bonchev–Trinajstić information content (AvgIpc) is 3.35. The van der Waals surface area contributed by atoms with Gasteiger partial charge in [0.2, 0.25) is 0 Å². The third kappa shape index (κ3) is 3.49. The molecule has 0 radical (unpaired) electrons. The normalized spacial score (nSPS) is 16.1. The SMILES string of the molecule is O=C(OCCN1C(=O)c2cccc3c(N4CCCCC4)ccc(c23)C1=O)c1cccs1. The van der Waals surface area contributed by atoms with Crippen LogP contribution in [0.2, 0.25) is 0 Å². The zero-order chi connectivity index (χ0) is 21.4. The highest BCUT2D eigenvalue weighted by Gasteiger charge is 2.33. The molecule has 3 heterocycles. The van der Waals surface area contributed by atoms with E-state index in [4.69, 9.17) is 4.74 Å². The molecule has 0 unspecified atom stereocenters. The van der Waals surface area contributed by atoms with E-state index in [1.165, 1.54) is 22.7 Å². The highest BCUT2D eigenvalue weighted by Crippen LogP contribution is 2.36. The first-order valence-electron chi connectivity index (χ1n) is 10.5. The Bertz CT molecular complexity index is 1140. The summed E-state index contributed by atoms with van der Waals surface area (Å²) in [5.74, 6) is -1.13. The zero-order valence-electron chi connectivity index (χ0n) is 17.0. The Kier molecular flexibility index (Phi) is 5.19. The Labute approximate surface area is 184 Å². The van der Waals surface area contributed by atoms with Crippen molar-refractivity contribution >= 4 is 45.6 Å². The number of thiophene rings is 1. The highest BCUT2D eigenvalue weighted by molar-refractivity contribution is 7.11. The molecular formula is C24H22N2O4S. The molecule has 1 aromatic heterocycles. The molecule has 0 N–H and O–H groups in total. The number of rotatable bonds is 5. The molecular weight excluding hydrogens is 412 g/mol. The first-order valence-corrected chi connectivity index (χ1v) is 11.4. The van der Waals surface area contributed by atoms with E-state index in [0.717, 1.165) is 42.4 Å². The van der Waals surface area contributed by atoms with Gasteiger partial charge in [0.05, 0.1) is 6.54 Å². The molecule has 0 atom stereocenters. The fourth-order valence-electron chi connectivity index (χ4n) is 4.44. The number of carbonyl (C=O) groups excluding carboxylic acids is 3. The number of imide groups is 1. The topological polar surface area (TPSA) is 66.9 Å². The molecule has 1 fully saturated rings. The van der Waals surface area contributed by atoms with Gasteiger partial charge in [0.1, 0.15) is 11.5 Å². The van der Waals surface area contributed by atoms with Crippen LogP contribution < -0.4 is 4.90 Å². The maximum Gasteiger partial charge on any atom is 0.348 e. The van der Waals surface area contributed by atoms with Crippen LogP contribution >= 0.6 is 11.3 Å². The van der Waals surface area contributed by atoms with Gasteiger partial charge >= 0.3 is 5.97 Å². The number of ether oxygens (including phenoxy) is 1. The van der Waals surface area contributed by atoms with Crippen molar-refractivity contribution in [3.05, 3.63) is 63.8 Å². The number of anilines is 1. The average molecular weight is 435 g/mol. The Hall–Kier alpha value is -3.19. The van der Waals surface area contributed by atoms with Crippen LogP contribution in [0.3, 0.4) is 0 Å². The van der Waals surface area contributed by atoms with Crippen molar-refractivity contribution in [2.45, 2.75) is 19.3 Å². The largest absolute Gasteiger partial charge is 0.460 e. The quantitative estimate of drug-likeness (QED) is 0.441. The molecule has 158 valence electrons. The third-order valence-corrected chi connectivity index (χ3v) is 6.79. The second kappa shape index (κ2) is 8.15. The lowest BCUT2D eigenvalue weighted by Gasteiger charge is -2.32. The second-order valence-electron chi connectivity index (χ2n) is 7.78. The van der Waals surface area contributed by atoms with E-state index in [9.17, 15) is 14.4 Å². The van der Waals surface area contributed by atoms with E-state index in [2.05, 4.69) is 4.90 Å². The van der Waals surface area contributed by atoms with Crippen molar-refractivity contribution in [3.8, 4) is 0 Å². The van der Waals surface area contributed by atoms with E-state index in [-0.39, 0.29) is 25.0 Å². The summed E-state index contributed by atoms with van der Waals surface area (Å²) in [6, 6.07) is 12.9. The smallest absolute Gasteiger partial charge is 0.348 e. The van der Waals surface area contributed by atoms with E-state index in [1.807, 2.05) is 24.3 Å². The third-order valence-electron chi connectivity index (χ3n) is 5.94. The molecule has 2 aliphatic rings. The van der Waals surface area contributed by atoms with Crippen LogP contribution in [-0.2, 0) is 4.74 Å². The summed E-state index contributed by atoms with van der Waals surface area (Å²) in [5.41, 5.74) is 2.13. The van der Waals surface area contributed by atoms with Crippen LogP contribution in [0.1, 0.15) is 49.7 Å². The Morgan fingerprint density at radius 1 is 0.935 bits per heavy atom. The number of carbonyl (C=O) groups is 3. The van der Waals surface area contributed by atoms with Gasteiger partial charge in [-0.05, 0) is 48.9 Å². The first-order chi connectivity index (χ1) is 15.1. The summed E-state index contributed by atoms with van der Waals surface area (Å²) in [5, 5.41) is 3.47. The highest BCUT2D eigenvalue weighted by atomic mass is 32.1. The van der Waals surface area contributed by atoms with Gasteiger partial charge in [0, 0.05) is 40.7 Å². The van der Waals surface area contributed by atoms with E-state index in [1.54, 1.807) is 23.6 Å². The number of benzene rings is 2. The fourth-order valence-corrected chi connectivity index (χ4v) is 5.06. The van der Waals surface area contributed by atoms with Crippen LogP contribution in [0, 0.1) is 0 Å². The molecule has 6 nitrogen and oxygen atoms in total. The lowest BCUT2D eigenvalue weighted by Crippen LogP contribution is -2.42. The van der Waals surface area contributed by atoms with Crippen LogP contribution in [-0.4, -0.2) is 48.9 Å². The fraction of sp³-hybridized carbons (Fsp3) is 0.292. The van der Waals surface area contributed by atoms with Crippen molar-refractivity contribution in [2.75, 3.05) is 31.1 Å². The minimum absolute atomic E-state index is 0.0263. The van der Waals surface area contributed by atoms with Crippen molar-refractivity contribution < 1.29 is 19.1 Å². The minimum Gasteiger partial charge on any atom is -0.460 e. The van der Waals surface area contributed by atoms with Gasteiger partial charge in [-0.3, -0.25) is 14.5 Å². The molecule has 3 aromatic rings. The maximum absolute atomic E-state index is 13.2. The molecule has 0 aliphatic carbocycles. The Morgan fingerprint density at radius 2 is 1.71 bits per heavy atom. The van der Waals surface area contributed by atoms with Crippen LogP contribution in [0.4, 0.5) is 5.69 Å². The van der Waals surface area contributed by atoms with Gasteiger partial charge in [-0.1, -0.05) is 18.2 Å². The standard InChI is InChI=1S/C24H22N2O4S/c27-22-17-7-4-6-16-19(25-11-2-1-3-12-25)10-9-18(21(16)17)23(28)26(22)13-14-30-24(29)20-8-5-15-31-20/h4-10,15H,1-3,11-14H2. The van der Waals surface area contributed by atoms with Crippen molar-refractivity contribution in [3.63, 3.8) is 0 Å². The van der Waals surface area contributed by atoms with E-state index >= 15 is 0 Å². The predicted octanol–water partition coefficient (Wildman–Crippen LogP) is 4.34. The maximum atomic E-state index is 13.2. The van der Waals surface area contributed by atoms with Gasteiger partial charge in [-0.2, -0.15) is 0 Å². The number of hydrogen-bond acceptors (Lipinski definition) is 6. The minimum atomic E-state index is -0.444. The van der Waals surface area contributed by atoms with Crippen LogP contribution in [0.25, 0.3) is 10.8 Å². The molecule has 0 spiro atoms. The monoisotopic (exact) mass is 434 g/mol. The van der Waals surface area contributed by atoms with Crippen LogP contribution in [0.15, 0.2) is 47.8 Å². The Morgan fingerprint density at radius 3 is 2.45 bits per heavy atom. The number of amides is 2. The summed E-state index contributed by atoms with van der Waals surface area (Å²) in [4.78, 5) is 42.4. The predicted molar refractivity (Wildman–Crippen MR) is 120 cm³/mol. The summed E-state index contributed by atoms with van der Waals surface area (Å²) < 4.78 is 5.26. The molecule has 0 saturated carbocycles. The van der Waals surface area contributed by atoms with Gasteiger partial charge < -0.3 is 9.64 Å². The number of piperidine rings is 1. The molecule has 0 bridgehead atoms. The van der Waals surface area contributed by atoms with E-state index < -0.39 is 5.97 Å². The molecule has 31 heavy (non-hydrogen) atoms. The molecule has 1 saturated heterocycles. The lowest BCUT2D eigenvalue weighted by atomic mass is 9.92. The van der Waals surface area contributed by atoms with Crippen LogP contribution in [0.5, 0.6) is 0 Å². The molecule has 2 aliphatic heterocycles. The van der Waals surface area contributed by atoms with E-state index in [0.29, 0.717) is 16.0 Å². The lowest BCUT2D eigenvalue weighted by molar-refractivity contribution is 0.0409. The summed E-state index contributed by atoms with van der Waals surface area (Å²) in [6.07, 6.45) is 3.54. The molecule has 2 amide bonds.